The maximum atomic E-state index is 12.6. The van der Waals surface area contributed by atoms with E-state index in [1.807, 2.05) is 29.6 Å². The predicted octanol–water partition coefficient (Wildman–Crippen LogP) is 2.02. The number of aromatic nitrogens is 1. The van der Waals surface area contributed by atoms with E-state index in [4.69, 9.17) is 4.74 Å². The first-order chi connectivity index (χ1) is 15.1. The molecule has 1 saturated heterocycles. The second-order valence-electron chi connectivity index (χ2n) is 7.06. The fourth-order valence-corrected chi connectivity index (χ4v) is 4.19. The largest absolute Gasteiger partial charge is 0.496 e. The molecule has 0 aliphatic carbocycles. The number of piperazine rings is 1. The summed E-state index contributed by atoms with van der Waals surface area (Å²) < 4.78 is 5.37. The van der Waals surface area contributed by atoms with E-state index in [0.717, 1.165) is 5.39 Å². The Morgan fingerprint density at radius 1 is 1.06 bits per heavy atom. The van der Waals surface area contributed by atoms with Crippen molar-refractivity contribution in [3.05, 3.63) is 58.4 Å². The van der Waals surface area contributed by atoms with Crippen LogP contribution in [0.15, 0.2) is 47.8 Å². The number of thiophene rings is 1. The number of carbonyl (C=O) groups excluding carboxylic acids is 3. The Morgan fingerprint density at radius 2 is 1.81 bits per heavy atom. The summed E-state index contributed by atoms with van der Waals surface area (Å²) in [7, 11) is 1.54. The van der Waals surface area contributed by atoms with Crippen molar-refractivity contribution in [3.8, 4) is 5.75 Å². The number of carbonyl (C=O) groups is 3. The van der Waals surface area contributed by atoms with Crippen LogP contribution in [-0.2, 0) is 4.79 Å². The van der Waals surface area contributed by atoms with Crippen LogP contribution < -0.4 is 10.1 Å². The van der Waals surface area contributed by atoms with Crippen LogP contribution in [-0.4, -0.2) is 72.3 Å². The van der Waals surface area contributed by atoms with Crippen molar-refractivity contribution in [1.29, 1.82) is 0 Å². The van der Waals surface area contributed by atoms with Gasteiger partial charge in [-0.3, -0.25) is 14.4 Å². The number of rotatable bonds is 5. The lowest BCUT2D eigenvalue weighted by Crippen LogP contribution is -2.52. The Kier molecular flexibility index (Phi) is 6.13. The fourth-order valence-electron chi connectivity index (χ4n) is 3.50. The van der Waals surface area contributed by atoms with Crippen LogP contribution in [0.2, 0.25) is 0 Å². The molecule has 0 atom stereocenters. The third-order valence-corrected chi connectivity index (χ3v) is 6.04. The van der Waals surface area contributed by atoms with Gasteiger partial charge in [-0.1, -0.05) is 18.2 Å². The van der Waals surface area contributed by atoms with E-state index < -0.39 is 5.91 Å². The third-order valence-electron chi connectivity index (χ3n) is 5.18. The van der Waals surface area contributed by atoms with E-state index in [1.54, 1.807) is 28.0 Å². The topological polar surface area (TPSA) is 91.8 Å². The van der Waals surface area contributed by atoms with E-state index in [0.29, 0.717) is 42.3 Å². The van der Waals surface area contributed by atoms with E-state index >= 15 is 0 Å². The van der Waals surface area contributed by atoms with Gasteiger partial charge in [0.05, 0.1) is 24.0 Å². The third kappa shape index (κ3) is 4.51. The highest BCUT2D eigenvalue weighted by Crippen LogP contribution is 2.24. The molecule has 1 N–H and O–H groups in total. The standard InChI is InChI=1S/C22H22N4O4S/c1-30-18-13-17(24-16-6-3-2-5-15(16)18)21(28)23-14-20(27)25-8-10-26(11-9-25)22(29)19-7-4-12-31-19/h2-7,12-13H,8-11,14H2,1H3,(H,23,28). The Morgan fingerprint density at radius 3 is 2.52 bits per heavy atom. The molecule has 3 amide bonds. The van der Waals surface area contributed by atoms with Gasteiger partial charge in [0.25, 0.3) is 11.8 Å². The van der Waals surface area contributed by atoms with Gasteiger partial charge in [0, 0.05) is 37.6 Å². The van der Waals surface area contributed by atoms with E-state index in [9.17, 15) is 14.4 Å². The number of fused-ring (bicyclic) bond motifs is 1. The zero-order chi connectivity index (χ0) is 21.8. The number of para-hydroxylation sites is 1. The van der Waals surface area contributed by atoms with Crippen molar-refractivity contribution < 1.29 is 19.1 Å². The summed E-state index contributed by atoms with van der Waals surface area (Å²) in [5.41, 5.74) is 0.833. The molecular formula is C22H22N4O4S. The maximum Gasteiger partial charge on any atom is 0.270 e. The van der Waals surface area contributed by atoms with Crippen molar-refractivity contribution in [2.24, 2.45) is 0 Å². The number of amides is 3. The van der Waals surface area contributed by atoms with Crippen LogP contribution in [0.3, 0.4) is 0 Å². The molecule has 1 fully saturated rings. The summed E-state index contributed by atoms with van der Waals surface area (Å²) in [4.78, 5) is 46.0. The van der Waals surface area contributed by atoms with Crippen molar-refractivity contribution in [2.45, 2.75) is 0 Å². The fraction of sp³-hybridized carbons (Fsp3) is 0.273. The molecule has 3 heterocycles. The number of ether oxygens (including phenoxy) is 1. The van der Waals surface area contributed by atoms with Gasteiger partial charge in [-0.05, 0) is 23.6 Å². The molecule has 3 aromatic rings. The smallest absolute Gasteiger partial charge is 0.270 e. The number of methoxy groups -OCH3 is 1. The number of nitrogens with one attached hydrogen (secondary N) is 1. The van der Waals surface area contributed by atoms with Gasteiger partial charge in [0.15, 0.2) is 0 Å². The zero-order valence-corrected chi connectivity index (χ0v) is 17.9. The highest BCUT2D eigenvalue weighted by molar-refractivity contribution is 7.12. The molecule has 0 radical (unpaired) electrons. The molecule has 160 valence electrons. The summed E-state index contributed by atoms with van der Waals surface area (Å²) >= 11 is 1.41. The Hall–Kier alpha value is -3.46. The molecule has 1 aliphatic heterocycles. The van der Waals surface area contributed by atoms with Crippen LogP contribution in [0.4, 0.5) is 0 Å². The second-order valence-corrected chi connectivity index (χ2v) is 8.01. The van der Waals surface area contributed by atoms with Crippen LogP contribution in [0, 0.1) is 0 Å². The van der Waals surface area contributed by atoms with Gasteiger partial charge in [0.1, 0.15) is 11.4 Å². The molecule has 0 spiro atoms. The van der Waals surface area contributed by atoms with Crippen LogP contribution >= 0.6 is 11.3 Å². The monoisotopic (exact) mass is 438 g/mol. The summed E-state index contributed by atoms with van der Waals surface area (Å²) in [5, 5.41) is 5.32. The predicted molar refractivity (Wildman–Crippen MR) is 117 cm³/mol. The quantitative estimate of drug-likeness (QED) is 0.658. The van der Waals surface area contributed by atoms with Crippen LogP contribution in [0.5, 0.6) is 5.75 Å². The molecular weight excluding hydrogens is 416 g/mol. The molecule has 0 unspecified atom stereocenters. The van der Waals surface area contributed by atoms with E-state index in [2.05, 4.69) is 10.3 Å². The highest BCUT2D eigenvalue weighted by atomic mass is 32.1. The lowest BCUT2D eigenvalue weighted by Gasteiger charge is -2.34. The van der Waals surface area contributed by atoms with Crippen molar-refractivity contribution in [1.82, 2.24) is 20.1 Å². The maximum absolute atomic E-state index is 12.6. The molecule has 0 bridgehead atoms. The Bertz CT molecular complexity index is 1110. The highest BCUT2D eigenvalue weighted by Gasteiger charge is 2.25. The van der Waals surface area contributed by atoms with Gasteiger partial charge in [0.2, 0.25) is 5.91 Å². The van der Waals surface area contributed by atoms with Gasteiger partial charge in [-0.15, -0.1) is 11.3 Å². The molecule has 1 aliphatic rings. The first kappa shape index (κ1) is 20.8. The average molecular weight is 439 g/mol. The van der Waals surface area contributed by atoms with Gasteiger partial charge in [-0.25, -0.2) is 4.98 Å². The number of hydrogen-bond donors (Lipinski definition) is 1. The molecule has 8 nitrogen and oxygen atoms in total. The molecule has 31 heavy (non-hydrogen) atoms. The van der Waals surface area contributed by atoms with Gasteiger partial charge < -0.3 is 19.9 Å². The Labute approximate surface area is 183 Å². The van der Waals surface area contributed by atoms with Crippen molar-refractivity contribution >= 4 is 40.0 Å². The SMILES string of the molecule is COc1cc(C(=O)NCC(=O)N2CCN(C(=O)c3cccs3)CC2)nc2ccccc12. The van der Waals surface area contributed by atoms with E-state index in [-0.39, 0.29) is 24.1 Å². The first-order valence-electron chi connectivity index (χ1n) is 9.89. The average Bonchev–Trinajstić information content (AvgIpc) is 3.36. The normalized spacial score (nSPS) is 13.8. The molecule has 4 rings (SSSR count). The van der Waals surface area contributed by atoms with Crippen molar-refractivity contribution in [3.63, 3.8) is 0 Å². The lowest BCUT2D eigenvalue weighted by molar-refractivity contribution is -0.131. The summed E-state index contributed by atoms with van der Waals surface area (Å²) in [6, 6.07) is 12.6. The van der Waals surface area contributed by atoms with Crippen molar-refractivity contribution in [2.75, 3.05) is 39.8 Å². The Balaban J connectivity index is 1.32. The number of benzene rings is 1. The van der Waals surface area contributed by atoms with Crippen LogP contribution in [0.1, 0.15) is 20.2 Å². The first-order valence-corrected chi connectivity index (χ1v) is 10.8. The summed E-state index contributed by atoms with van der Waals surface area (Å²) in [6.45, 7) is 1.69. The minimum atomic E-state index is -0.441. The molecule has 9 heteroatoms. The molecule has 2 aromatic heterocycles. The zero-order valence-electron chi connectivity index (χ0n) is 17.0. The number of pyridine rings is 1. The van der Waals surface area contributed by atoms with Crippen LogP contribution in [0.25, 0.3) is 10.9 Å². The van der Waals surface area contributed by atoms with Gasteiger partial charge in [-0.2, -0.15) is 0 Å². The number of hydrogen-bond acceptors (Lipinski definition) is 6. The lowest BCUT2D eigenvalue weighted by atomic mass is 10.1. The summed E-state index contributed by atoms with van der Waals surface area (Å²) in [5.74, 6) is -0.0893. The number of nitrogens with zero attached hydrogens (tertiary/aromatic N) is 3. The minimum absolute atomic E-state index is 0.00766. The van der Waals surface area contributed by atoms with Gasteiger partial charge >= 0.3 is 0 Å². The summed E-state index contributed by atoms with van der Waals surface area (Å²) in [6.07, 6.45) is 0. The second kappa shape index (κ2) is 9.13. The minimum Gasteiger partial charge on any atom is -0.496 e. The molecule has 1 aromatic carbocycles. The molecule has 0 saturated carbocycles. The van der Waals surface area contributed by atoms with E-state index in [1.165, 1.54) is 18.4 Å².